The van der Waals surface area contributed by atoms with Gasteiger partial charge >= 0.3 is 0 Å². The van der Waals surface area contributed by atoms with E-state index in [-0.39, 0.29) is 5.56 Å². The molecule has 0 aliphatic rings. The van der Waals surface area contributed by atoms with Crippen LogP contribution in [0.4, 0.5) is 0 Å². The first kappa shape index (κ1) is 11.4. The fourth-order valence-electron chi connectivity index (χ4n) is 1.28. The Labute approximate surface area is 90.4 Å². The largest absolute Gasteiger partial charge is 0.315 e. The van der Waals surface area contributed by atoms with Crippen LogP contribution in [0, 0.1) is 5.92 Å². The molecule has 0 aromatic carbocycles. The highest BCUT2D eigenvalue weighted by Gasteiger charge is 2.01. The topological polar surface area (TPSA) is 22.0 Å². The van der Waals surface area contributed by atoms with Crippen molar-refractivity contribution in [2.45, 2.75) is 32.6 Å². The van der Waals surface area contributed by atoms with Crippen molar-refractivity contribution in [2.24, 2.45) is 5.92 Å². The Balaban J connectivity index is 2.82. The zero-order chi connectivity index (χ0) is 10.6. The summed E-state index contributed by atoms with van der Waals surface area (Å²) in [6, 6.07) is 3.74. The van der Waals surface area contributed by atoms with Crippen molar-refractivity contribution in [1.82, 2.24) is 4.57 Å². The molecule has 3 heteroatoms. The summed E-state index contributed by atoms with van der Waals surface area (Å²) in [6.07, 6.45) is 2.88. The summed E-state index contributed by atoms with van der Waals surface area (Å²) in [5.41, 5.74) is 0.878. The molecule has 0 saturated carbocycles. The lowest BCUT2D eigenvalue weighted by atomic mass is 10.1. The highest BCUT2D eigenvalue weighted by atomic mass is 32.1. The summed E-state index contributed by atoms with van der Waals surface area (Å²) in [5, 5.41) is 0. The number of rotatable bonds is 4. The first-order chi connectivity index (χ1) is 6.65. The SMILES string of the molecule is CC(C)CCn1cccc(CS)c1=O. The van der Waals surface area contributed by atoms with E-state index in [1.807, 2.05) is 18.3 Å². The second kappa shape index (κ2) is 5.25. The van der Waals surface area contributed by atoms with Crippen LogP contribution in [0.5, 0.6) is 0 Å². The second-order valence-electron chi connectivity index (χ2n) is 3.87. The Morgan fingerprint density at radius 1 is 1.50 bits per heavy atom. The van der Waals surface area contributed by atoms with Crippen LogP contribution < -0.4 is 5.56 Å². The number of hydrogen-bond acceptors (Lipinski definition) is 2. The highest BCUT2D eigenvalue weighted by molar-refractivity contribution is 7.79. The van der Waals surface area contributed by atoms with E-state index in [9.17, 15) is 4.79 Å². The van der Waals surface area contributed by atoms with Crippen molar-refractivity contribution in [1.29, 1.82) is 0 Å². The van der Waals surface area contributed by atoms with Gasteiger partial charge in [0.1, 0.15) is 0 Å². The van der Waals surface area contributed by atoms with Gasteiger partial charge in [0, 0.05) is 24.1 Å². The maximum absolute atomic E-state index is 11.7. The van der Waals surface area contributed by atoms with Crippen LogP contribution in [0.2, 0.25) is 0 Å². The van der Waals surface area contributed by atoms with Crippen molar-refractivity contribution < 1.29 is 0 Å². The van der Waals surface area contributed by atoms with E-state index in [2.05, 4.69) is 26.5 Å². The van der Waals surface area contributed by atoms with E-state index in [0.29, 0.717) is 11.7 Å². The molecule has 0 aliphatic carbocycles. The monoisotopic (exact) mass is 211 g/mol. The van der Waals surface area contributed by atoms with Crippen LogP contribution >= 0.6 is 12.6 Å². The summed E-state index contributed by atoms with van der Waals surface area (Å²) >= 11 is 4.12. The number of aryl methyl sites for hydroxylation is 1. The molecule has 0 spiro atoms. The lowest BCUT2D eigenvalue weighted by Gasteiger charge is -2.08. The van der Waals surface area contributed by atoms with Crippen LogP contribution in [0.15, 0.2) is 23.1 Å². The zero-order valence-electron chi connectivity index (χ0n) is 8.73. The van der Waals surface area contributed by atoms with Crippen molar-refractivity contribution in [3.63, 3.8) is 0 Å². The van der Waals surface area contributed by atoms with E-state index in [1.165, 1.54) is 0 Å². The lowest BCUT2D eigenvalue weighted by molar-refractivity contribution is 0.507. The number of pyridine rings is 1. The average molecular weight is 211 g/mol. The number of aromatic nitrogens is 1. The van der Waals surface area contributed by atoms with Gasteiger partial charge in [-0.05, 0) is 18.4 Å². The normalized spacial score (nSPS) is 10.9. The molecule has 1 rings (SSSR count). The fourth-order valence-corrected chi connectivity index (χ4v) is 1.52. The first-order valence-corrected chi connectivity index (χ1v) is 5.57. The minimum absolute atomic E-state index is 0.100. The van der Waals surface area contributed by atoms with Gasteiger partial charge in [-0.1, -0.05) is 19.9 Å². The van der Waals surface area contributed by atoms with Gasteiger partial charge in [0.05, 0.1) is 0 Å². The molecule has 0 atom stereocenters. The molecule has 1 aromatic heterocycles. The molecule has 2 nitrogen and oxygen atoms in total. The third-order valence-corrected chi connectivity index (χ3v) is 2.56. The van der Waals surface area contributed by atoms with Gasteiger partial charge in [0.2, 0.25) is 0 Å². The van der Waals surface area contributed by atoms with Crippen LogP contribution in [0.1, 0.15) is 25.8 Å². The van der Waals surface area contributed by atoms with Crippen molar-refractivity contribution in [3.05, 3.63) is 34.2 Å². The quantitative estimate of drug-likeness (QED) is 0.759. The highest BCUT2D eigenvalue weighted by Crippen LogP contribution is 2.02. The summed E-state index contributed by atoms with van der Waals surface area (Å²) in [5.74, 6) is 1.14. The zero-order valence-corrected chi connectivity index (χ0v) is 9.63. The molecule has 0 amide bonds. The van der Waals surface area contributed by atoms with Crippen molar-refractivity contribution >= 4 is 12.6 Å². The molecule has 0 radical (unpaired) electrons. The number of hydrogen-bond donors (Lipinski definition) is 1. The number of thiol groups is 1. The van der Waals surface area contributed by atoms with Crippen LogP contribution in [0.25, 0.3) is 0 Å². The van der Waals surface area contributed by atoms with Crippen LogP contribution in [-0.2, 0) is 12.3 Å². The molecule has 0 unspecified atom stereocenters. The minimum Gasteiger partial charge on any atom is -0.315 e. The lowest BCUT2D eigenvalue weighted by Crippen LogP contribution is -2.22. The minimum atomic E-state index is 0.100. The van der Waals surface area contributed by atoms with Gasteiger partial charge in [0.15, 0.2) is 0 Å². The molecule has 0 saturated heterocycles. The fraction of sp³-hybridized carbons (Fsp3) is 0.545. The smallest absolute Gasteiger partial charge is 0.254 e. The Morgan fingerprint density at radius 2 is 2.21 bits per heavy atom. The van der Waals surface area contributed by atoms with E-state index in [4.69, 9.17) is 0 Å². The van der Waals surface area contributed by atoms with Gasteiger partial charge in [0.25, 0.3) is 5.56 Å². The Kier molecular flexibility index (Phi) is 4.26. The molecular weight excluding hydrogens is 194 g/mol. The second-order valence-corrected chi connectivity index (χ2v) is 4.19. The van der Waals surface area contributed by atoms with Gasteiger partial charge in [-0.3, -0.25) is 4.79 Å². The maximum Gasteiger partial charge on any atom is 0.254 e. The molecule has 0 bridgehead atoms. The van der Waals surface area contributed by atoms with Crippen LogP contribution in [-0.4, -0.2) is 4.57 Å². The maximum atomic E-state index is 11.7. The summed E-state index contributed by atoms with van der Waals surface area (Å²) in [4.78, 5) is 11.7. The number of nitrogens with zero attached hydrogens (tertiary/aromatic N) is 1. The van der Waals surface area contributed by atoms with Crippen molar-refractivity contribution in [2.75, 3.05) is 0 Å². The molecule has 0 aliphatic heterocycles. The first-order valence-electron chi connectivity index (χ1n) is 4.94. The van der Waals surface area contributed by atoms with Gasteiger partial charge < -0.3 is 4.57 Å². The third-order valence-electron chi connectivity index (χ3n) is 2.22. The molecule has 14 heavy (non-hydrogen) atoms. The van der Waals surface area contributed by atoms with E-state index >= 15 is 0 Å². The van der Waals surface area contributed by atoms with Gasteiger partial charge in [-0.2, -0.15) is 12.6 Å². The van der Waals surface area contributed by atoms with Gasteiger partial charge in [-0.25, -0.2) is 0 Å². The van der Waals surface area contributed by atoms with E-state index < -0.39 is 0 Å². The average Bonchev–Trinajstić information content (AvgIpc) is 2.16. The van der Waals surface area contributed by atoms with Crippen LogP contribution in [0.3, 0.4) is 0 Å². The molecule has 0 N–H and O–H groups in total. The predicted molar refractivity (Wildman–Crippen MR) is 62.8 cm³/mol. The van der Waals surface area contributed by atoms with Crippen molar-refractivity contribution in [3.8, 4) is 0 Å². The molecule has 1 heterocycles. The third kappa shape index (κ3) is 2.91. The Bertz CT molecular complexity index is 343. The molecule has 78 valence electrons. The predicted octanol–water partition coefficient (Wildman–Crippen LogP) is 2.32. The standard InChI is InChI=1S/C11H17NOS/c1-9(2)5-7-12-6-3-4-10(8-14)11(12)13/h3-4,6,9,14H,5,7-8H2,1-2H3. The Morgan fingerprint density at radius 3 is 2.79 bits per heavy atom. The summed E-state index contributed by atoms with van der Waals surface area (Å²) < 4.78 is 1.77. The molecule has 0 fully saturated rings. The summed E-state index contributed by atoms with van der Waals surface area (Å²) in [7, 11) is 0. The van der Waals surface area contributed by atoms with E-state index in [1.54, 1.807) is 4.57 Å². The Hall–Kier alpha value is -0.700. The van der Waals surface area contributed by atoms with Gasteiger partial charge in [-0.15, -0.1) is 0 Å². The molecular formula is C11H17NOS. The summed E-state index contributed by atoms with van der Waals surface area (Å²) in [6.45, 7) is 5.12. The van der Waals surface area contributed by atoms with E-state index in [0.717, 1.165) is 18.5 Å². The molecule has 1 aromatic rings.